The summed E-state index contributed by atoms with van der Waals surface area (Å²) in [5, 5.41) is 12.0. The molecule has 1 aromatic carbocycles. The molecule has 2 aliphatic rings. The number of benzene rings is 1. The van der Waals surface area contributed by atoms with Gasteiger partial charge in [-0.2, -0.15) is 9.97 Å². The lowest BCUT2D eigenvalue weighted by Gasteiger charge is -2.30. The first-order valence-electron chi connectivity index (χ1n) is 14.3. The molecule has 4 rings (SSSR count). The average molecular weight is 570 g/mol. The van der Waals surface area contributed by atoms with E-state index in [1.807, 2.05) is 31.2 Å². The molecular formula is C28H39N7O6. The van der Waals surface area contributed by atoms with Gasteiger partial charge in [-0.05, 0) is 63.4 Å². The van der Waals surface area contributed by atoms with Crippen molar-refractivity contribution < 1.29 is 24.0 Å². The Morgan fingerprint density at radius 2 is 1.80 bits per heavy atom. The van der Waals surface area contributed by atoms with Crippen molar-refractivity contribution in [2.45, 2.75) is 58.5 Å². The predicted molar refractivity (Wildman–Crippen MR) is 153 cm³/mol. The first-order valence-corrected chi connectivity index (χ1v) is 14.3. The summed E-state index contributed by atoms with van der Waals surface area (Å²) < 4.78 is 10.9. The number of hydrogen-bond donors (Lipinski definition) is 1. The van der Waals surface area contributed by atoms with Crippen LogP contribution in [0.2, 0.25) is 0 Å². The van der Waals surface area contributed by atoms with Crippen LogP contribution in [0.25, 0.3) is 0 Å². The first kappa shape index (κ1) is 30.0. The number of rotatable bonds is 11. The van der Waals surface area contributed by atoms with Crippen LogP contribution in [-0.2, 0) is 16.1 Å². The van der Waals surface area contributed by atoms with Crippen LogP contribution < -0.4 is 15.4 Å². The third-order valence-corrected chi connectivity index (χ3v) is 7.30. The summed E-state index contributed by atoms with van der Waals surface area (Å²) in [5.41, 5.74) is 7.12. The zero-order valence-corrected chi connectivity index (χ0v) is 23.8. The first-order chi connectivity index (χ1) is 19.8. The molecule has 13 nitrogen and oxygen atoms in total. The van der Waals surface area contributed by atoms with Crippen molar-refractivity contribution in [3.8, 4) is 6.01 Å². The molecule has 2 aliphatic heterocycles. The van der Waals surface area contributed by atoms with Gasteiger partial charge >= 0.3 is 17.7 Å². The minimum absolute atomic E-state index is 0.0414. The maximum absolute atomic E-state index is 13.6. The van der Waals surface area contributed by atoms with Gasteiger partial charge in [-0.15, -0.1) is 0 Å². The number of nitro groups is 1. The highest BCUT2D eigenvalue weighted by atomic mass is 16.6. The SMILES string of the molecule is CCCCOc1nc(N)c([N+](=O)[O-])c(N2CCCN(C(=O)c3ccc(CN4CCCC4)cc3)CC2C(=O)OCC)n1. The normalized spacial score (nSPS) is 17.8. The molecular weight excluding hydrogens is 530 g/mol. The number of aromatic nitrogens is 2. The van der Waals surface area contributed by atoms with Gasteiger partial charge in [-0.1, -0.05) is 25.5 Å². The van der Waals surface area contributed by atoms with Crippen molar-refractivity contribution in [1.29, 1.82) is 0 Å². The number of anilines is 2. The largest absolute Gasteiger partial charge is 0.464 e. The molecule has 0 bridgehead atoms. The molecule has 0 saturated carbocycles. The van der Waals surface area contributed by atoms with Crippen molar-refractivity contribution in [3.63, 3.8) is 0 Å². The zero-order valence-electron chi connectivity index (χ0n) is 23.8. The Balaban J connectivity index is 1.60. The predicted octanol–water partition coefficient (Wildman–Crippen LogP) is 3.03. The third kappa shape index (κ3) is 7.40. The third-order valence-electron chi connectivity index (χ3n) is 7.30. The van der Waals surface area contributed by atoms with E-state index in [0.717, 1.165) is 38.0 Å². The second kappa shape index (κ2) is 14.1. The number of esters is 1. The van der Waals surface area contributed by atoms with E-state index in [9.17, 15) is 19.7 Å². The van der Waals surface area contributed by atoms with Crippen LogP contribution in [0.1, 0.15) is 61.9 Å². The molecule has 41 heavy (non-hydrogen) atoms. The van der Waals surface area contributed by atoms with Crippen LogP contribution in [0.3, 0.4) is 0 Å². The van der Waals surface area contributed by atoms with Crippen molar-refractivity contribution in [3.05, 3.63) is 45.5 Å². The van der Waals surface area contributed by atoms with Gasteiger partial charge in [0, 0.05) is 25.2 Å². The minimum Gasteiger partial charge on any atom is -0.464 e. The summed E-state index contributed by atoms with van der Waals surface area (Å²) in [7, 11) is 0. The van der Waals surface area contributed by atoms with Crippen LogP contribution in [0.15, 0.2) is 24.3 Å². The Morgan fingerprint density at radius 3 is 2.46 bits per heavy atom. The summed E-state index contributed by atoms with van der Waals surface area (Å²) in [6.07, 6.45) is 4.46. The lowest BCUT2D eigenvalue weighted by atomic mass is 10.1. The second-order valence-electron chi connectivity index (χ2n) is 10.3. The molecule has 13 heteroatoms. The Labute approximate surface area is 239 Å². The van der Waals surface area contributed by atoms with Gasteiger partial charge in [0.15, 0.2) is 0 Å². The molecule has 222 valence electrons. The monoisotopic (exact) mass is 569 g/mol. The fourth-order valence-corrected chi connectivity index (χ4v) is 5.19. The van der Waals surface area contributed by atoms with E-state index in [0.29, 0.717) is 25.1 Å². The van der Waals surface area contributed by atoms with Gasteiger partial charge in [0.1, 0.15) is 6.04 Å². The Hall–Kier alpha value is -4.00. The van der Waals surface area contributed by atoms with E-state index < -0.39 is 22.6 Å². The Morgan fingerprint density at radius 1 is 1.07 bits per heavy atom. The standard InChI is InChI=1S/C28H39N7O6/c1-3-5-17-41-28-30-24(29)23(35(38)39)25(31-28)34-16-8-15-33(19-22(34)27(37)40-4-2)26(36)21-11-9-20(10-12-21)18-32-13-6-7-14-32/h9-12,22H,3-8,13-19H2,1-2H3,(H2,29,30,31). The summed E-state index contributed by atoms with van der Waals surface area (Å²) in [5.74, 6) is -1.34. The van der Waals surface area contributed by atoms with E-state index in [1.54, 1.807) is 11.8 Å². The fraction of sp³-hybridized carbons (Fsp3) is 0.571. The molecule has 1 atom stereocenters. The lowest BCUT2D eigenvalue weighted by molar-refractivity contribution is -0.383. The number of ether oxygens (including phenoxy) is 2. The number of nitrogens with zero attached hydrogens (tertiary/aromatic N) is 6. The van der Waals surface area contributed by atoms with Crippen LogP contribution in [-0.4, -0.2) is 88.5 Å². The van der Waals surface area contributed by atoms with Crippen LogP contribution in [0.5, 0.6) is 6.01 Å². The molecule has 2 saturated heterocycles. The number of nitrogen functional groups attached to an aromatic ring is 1. The van der Waals surface area contributed by atoms with E-state index in [2.05, 4.69) is 14.9 Å². The van der Waals surface area contributed by atoms with Crippen molar-refractivity contribution >= 4 is 29.2 Å². The summed E-state index contributed by atoms with van der Waals surface area (Å²) in [6, 6.07) is 6.40. The lowest BCUT2D eigenvalue weighted by Crippen LogP contribution is -2.49. The minimum atomic E-state index is -1.05. The number of carbonyl (C=O) groups is 2. The molecule has 0 spiro atoms. The smallest absolute Gasteiger partial charge is 0.353 e. The highest BCUT2D eigenvalue weighted by molar-refractivity contribution is 5.95. The maximum atomic E-state index is 13.6. The quantitative estimate of drug-likeness (QED) is 0.184. The van der Waals surface area contributed by atoms with E-state index in [-0.39, 0.29) is 43.2 Å². The van der Waals surface area contributed by atoms with Gasteiger partial charge in [-0.25, -0.2) is 4.79 Å². The summed E-state index contributed by atoms with van der Waals surface area (Å²) >= 11 is 0. The fourth-order valence-electron chi connectivity index (χ4n) is 5.19. The summed E-state index contributed by atoms with van der Waals surface area (Å²) in [6.45, 7) is 7.62. The number of hydrogen-bond acceptors (Lipinski definition) is 11. The second-order valence-corrected chi connectivity index (χ2v) is 10.3. The van der Waals surface area contributed by atoms with Crippen LogP contribution in [0, 0.1) is 10.1 Å². The van der Waals surface area contributed by atoms with Gasteiger partial charge in [0.05, 0.1) is 24.7 Å². The number of unbranched alkanes of at least 4 members (excludes halogenated alkanes) is 1. The van der Waals surface area contributed by atoms with Crippen molar-refractivity contribution in [1.82, 2.24) is 19.8 Å². The van der Waals surface area contributed by atoms with Gasteiger partial charge in [0.25, 0.3) is 5.91 Å². The molecule has 0 radical (unpaired) electrons. The van der Waals surface area contributed by atoms with Crippen LogP contribution in [0.4, 0.5) is 17.3 Å². The van der Waals surface area contributed by atoms with Crippen molar-refractivity contribution in [2.24, 2.45) is 0 Å². The topological polar surface area (TPSA) is 157 Å². The van der Waals surface area contributed by atoms with Gasteiger partial charge in [-0.3, -0.25) is 19.8 Å². The van der Waals surface area contributed by atoms with Crippen LogP contribution >= 0.6 is 0 Å². The zero-order chi connectivity index (χ0) is 29.4. The molecule has 2 aromatic rings. The molecule has 3 heterocycles. The number of nitrogens with two attached hydrogens (primary N) is 1. The Kier molecular flexibility index (Phi) is 10.3. The Bertz CT molecular complexity index is 1220. The average Bonchev–Trinajstić information content (AvgIpc) is 3.35. The van der Waals surface area contributed by atoms with Crippen molar-refractivity contribution in [2.75, 3.05) is 56.6 Å². The number of carbonyl (C=O) groups excluding carboxylic acids is 2. The molecule has 1 unspecified atom stereocenters. The van der Waals surface area contributed by atoms with Gasteiger partial charge in [0.2, 0.25) is 11.6 Å². The number of likely N-dealkylation sites (tertiary alicyclic amines) is 1. The van der Waals surface area contributed by atoms with Gasteiger partial charge < -0.3 is 25.0 Å². The van der Waals surface area contributed by atoms with E-state index in [1.165, 1.54) is 17.7 Å². The number of amides is 1. The van der Waals surface area contributed by atoms with E-state index in [4.69, 9.17) is 15.2 Å². The highest BCUT2D eigenvalue weighted by Crippen LogP contribution is 2.35. The van der Waals surface area contributed by atoms with E-state index >= 15 is 0 Å². The maximum Gasteiger partial charge on any atom is 0.353 e. The molecule has 1 aromatic heterocycles. The molecule has 1 amide bonds. The molecule has 2 fully saturated rings. The highest BCUT2D eigenvalue weighted by Gasteiger charge is 2.39. The molecule has 2 N–H and O–H groups in total. The molecule has 0 aliphatic carbocycles. The summed E-state index contributed by atoms with van der Waals surface area (Å²) in [4.78, 5) is 51.9.